The van der Waals surface area contributed by atoms with Gasteiger partial charge in [-0.1, -0.05) is 18.2 Å². The van der Waals surface area contributed by atoms with E-state index in [4.69, 9.17) is 10.7 Å². The van der Waals surface area contributed by atoms with Crippen LogP contribution < -0.4 is 5.73 Å². The molecule has 1 aromatic carbocycles. The first-order chi connectivity index (χ1) is 9.54. The number of nitrogens with two attached hydrogens (primary N) is 1. The summed E-state index contributed by atoms with van der Waals surface area (Å²) in [6.45, 7) is 4.73. The van der Waals surface area contributed by atoms with Crippen LogP contribution in [-0.4, -0.2) is 20.1 Å². The number of hydrogen-bond donors (Lipinski definition) is 1. The number of benzene rings is 1. The lowest BCUT2D eigenvalue weighted by Gasteiger charge is -2.21. The van der Waals surface area contributed by atoms with Crippen LogP contribution in [0.25, 0.3) is 22.6 Å². The number of fused-ring (bicyclic) bond motifs is 1. The van der Waals surface area contributed by atoms with E-state index in [0.29, 0.717) is 6.54 Å². The number of nitrogens with zero attached hydrogens (tertiary/aromatic N) is 3. The van der Waals surface area contributed by atoms with Crippen LogP contribution in [0, 0.1) is 0 Å². The highest BCUT2D eigenvalue weighted by Gasteiger charge is 2.19. The Hall–Kier alpha value is -2.20. The minimum absolute atomic E-state index is 0.312. The number of pyridine rings is 1. The molecule has 0 saturated carbocycles. The summed E-state index contributed by atoms with van der Waals surface area (Å²) >= 11 is 0. The highest BCUT2D eigenvalue weighted by Crippen LogP contribution is 2.24. The van der Waals surface area contributed by atoms with Gasteiger partial charge in [0.15, 0.2) is 5.82 Å². The Morgan fingerprint density at radius 2 is 1.85 bits per heavy atom. The first-order valence-electron chi connectivity index (χ1n) is 6.70. The second-order valence-electron chi connectivity index (χ2n) is 5.71. The van der Waals surface area contributed by atoms with E-state index in [1.54, 1.807) is 6.20 Å². The van der Waals surface area contributed by atoms with E-state index in [0.717, 1.165) is 22.6 Å². The minimum atomic E-state index is -0.312. The molecule has 0 unspecified atom stereocenters. The molecule has 0 saturated heterocycles. The van der Waals surface area contributed by atoms with E-state index in [2.05, 4.69) is 15.6 Å². The van der Waals surface area contributed by atoms with Gasteiger partial charge in [0.05, 0.1) is 11.0 Å². The molecule has 20 heavy (non-hydrogen) atoms. The van der Waals surface area contributed by atoms with Gasteiger partial charge in [0.25, 0.3) is 0 Å². The molecular formula is C16H18N4. The fourth-order valence-electron chi connectivity index (χ4n) is 2.33. The van der Waals surface area contributed by atoms with Crippen molar-refractivity contribution in [3.05, 3.63) is 48.7 Å². The van der Waals surface area contributed by atoms with Gasteiger partial charge in [-0.2, -0.15) is 0 Å². The van der Waals surface area contributed by atoms with Crippen molar-refractivity contribution in [2.24, 2.45) is 5.73 Å². The number of rotatable bonds is 3. The van der Waals surface area contributed by atoms with Crippen LogP contribution in [-0.2, 0) is 6.54 Å². The van der Waals surface area contributed by atoms with Crippen LogP contribution in [0.2, 0.25) is 0 Å². The predicted octanol–water partition coefficient (Wildman–Crippen LogP) is 2.84. The lowest BCUT2D eigenvalue weighted by Crippen LogP contribution is -2.37. The van der Waals surface area contributed by atoms with E-state index in [1.807, 2.05) is 50.2 Å². The van der Waals surface area contributed by atoms with Crippen LogP contribution in [0.15, 0.2) is 48.7 Å². The number of aromatic nitrogens is 3. The van der Waals surface area contributed by atoms with E-state index in [1.165, 1.54) is 0 Å². The van der Waals surface area contributed by atoms with Crippen molar-refractivity contribution in [2.75, 3.05) is 0 Å². The maximum Gasteiger partial charge on any atom is 0.159 e. The van der Waals surface area contributed by atoms with Crippen LogP contribution in [0.3, 0.4) is 0 Å². The van der Waals surface area contributed by atoms with Crippen LogP contribution in [0.1, 0.15) is 13.8 Å². The molecule has 4 heteroatoms. The van der Waals surface area contributed by atoms with Gasteiger partial charge in [0.2, 0.25) is 0 Å². The molecule has 0 radical (unpaired) electrons. The Bertz CT molecular complexity index is 723. The third-order valence-corrected chi connectivity index (χ3v) is 3.11. The Labute approximate surface area is 118 Å². The van der Waals surface area contributed by atoms with Gasteiger partial charge in [-0.3, -0.25) is 4.98 Å². The molecule has 4 nitrogen and oxygen atoms in total. The largest absolute Gasteiger partial charge is 0.324 e. The minimum Gasteiger partial charge on any atom is -0.324 e. The molecular weight excluding hydrogens is 248 g/mol. The average Bonchev–Trinajstić information content (AvgIpc) is 2.77. The second-order valence-corrected chi connectivity index (χ2v) is 5.71. The van der Waals surface area contributed by atoms with Crippen molar-refractivity contribution in [1.29, 1.82) is 0 Å². The van der Waals surface area contributed by atoms with Crippen molar-refractivity contribution in [2.45, 2.75) is 25.9 Å². The lowest BCUT2D eigenvalue weighted by molar-refractivity contribution is 0.442. The lowest BCUT2D eigenvalue weighted by atomic mass is 10.1. The van der Waals surface area contributed by atoms with Gasteiger partial charge >= 0.3 is 0 Å². The maximum absolute atomic E-state index is 6.20. The SMILES string of the molecule is CC(C)(N)Cn1c(-c2ccccn2)nc2ccccc21. The van der Waals surface area contributed by atoms with Crippen LogP contribution in [0.4, 0.5) is 0 Å². The molecule has 0 spiro atoms. The molecule has 0 atom stereocenters. The molecule has 0 aliphatic rings. The maximum atomic E-state index is 6.20. The van der Waals surface area contributed by atoms with E-state index >= 15 is 0 Å². The zero-order valence-corrected chi connectivity index (χ0v) is 11.7. The quantitative estimate of drug-likeness (QED) is 0.793. The van der Waals surface area contributed by atoms with Crippen LogP contribution in [0.5, 0.6) is 0 Å². The molecule has 0 bridgehead atoms. The summed E-state index contributed by atoms with van der Waals surface area (Å²) in [6, 6.07) is 14.0. The first-order valence-corrected chi connectivity index (χ1v) is 6.70. The summed E-state index contributed by atoms with van der Waals surface area (Å²) < 4.78 is 2.15. The summed E-state index contributed by atoms with van der Waals surface area (Å²) in [5, 5.41) is 0. The average molecular weight is 266 g/mol. The topological polar surface area (TPSA) is 56.7 Å². The van der Waals surface area contributed by atoms with Crippen molar-refractivity contribution < 1.29 is 0 Å². The van der Waals surface area contributed by atoms with Crippen molar-refractivity contribution in [3.63, 3.8) is 0 Å². The zero-order chi connectivity index (χ0) is 14.2. The third-order valence-electron chi connectivity index (χ3n) is 3.11. The summed E-state index contributed by atoms with van der Waals surface area (Å²) in [5.74, 6) is 0.866. The Kier molecular flexibility index (Phi) is 3.03. The van der Waals surface area contributed by atoms with Crippen LogP contribution >= 0.6 is 0 Å². The summed E-state index contributed by atoms with van der Waals surface area (Å²) in [6.07, 6.45) is 1.78. The van der Waals surface area contributed by atoms with Crippen molar-refractivity contribution in [1.82, 2.24) is 14.5 Å². The van der Waals surface area contributed by atoms with Gasteiger partial charge in [-0.05, 0) is 38.1 Å². The first kappa shape index (κ1) is 12.8. The van der Waals surface area contributed by atoms with Gasteiger partial charge in [0, 0.05) is 18.3 Å². The Balaban J connectivity index is 2.23. The van der Waals surface area contributed by atoms with E-state index in [-0.39, 0.29) is 5.54 Å². The summed E-state index contributed by atoms with van der Waals surface area (Å²) in [7, 11) is 0. The highest BCUT2D eigenvalue weighted by molar-refractivity contribution is 5.80. The molecule has 2 heterocycles. The van der Waals surface area contributed by atoms with Crippen molar-refractivity contribution >= 4 is 11.0 Å². The molecule has 0 amide bonds. The standard InChI is InChI=1S/C16H18N4/c1-16(2,17)11-20-14-9-4-3-7-12(14)19-15(20)13-8-5-6-10-18-13/h3-10H,11,17H2,1-2H3. The highest BCUT2D eigenvalue weighted by atomic mass is 15.1. The van der Waals surface area contributed by atoms with Crippen molar-refractivity contribution in [3.8, 4) is 11.5 Å². The van der Waals surface area contributed by atoms with E-state index < -0.39 is 0 Å². The third kappa shape index (κ3) is 2.42. The van der Waals surface area contributed by atoms with E-state index in [9.17, 15) is 0 Å². The molecule has 2 N–H and O–H groups in total. The second kappa shape index (κ2) is 4.72. The predicted molar refractivity (Wildman–Crippen MR) is 81.2 cm³/mol. The summed E-state index contributed by atoms with van der Waals surface area (Å²) in [5.41, 5.74) is 8.81. The fraction of sp³-hybridized carbons (Fsp3) is 0.250. The normalized spacial score (nSPS) is 11.9. The monoisotopic (exact) mass is 266 g/mol. The van der Waals surface area contributed by atoms with Gasteiger partial charge in [0.1, 0.15) is 5.69 Å². The molecule has 0 fully saturated rings. The Morgan fingerprint density at radius 1 is 1.10 bits per heavy atom. The molecule has 0 aliphatic carbocycles. The Morgan fingerprint density at radius 3 is 2.55 bits per heavy atom. The summed E-state index contributed by atoms with van der Waals surface area (Å²) in [4.78, 5) is 9.12. The number of para-hydroxylation sites is 2. The zero-order valence-electron chi connectivity index (χ0n) is 11.7. The molecule has 0 aliphatic heterocycles. The smallest absolute Gasteiger partial charge is 0.159 e. The molecule has 2 aromatic heterocycles. The molecule has 102 valence electrons. The molecule has 3 aromatic rings. The number of hydrogen-bond acceptors (Lipinski definition) is 3. The fourth-order valence-corrected chi connectivity index (χ4v) is 2.33. The number of imidazole rings is 1. The van der Waals surface area contributed by atoms with Gasteiger partial charge < -0.3 is 10.3 Å². The van der Waals surface area contributed by atoms with Gasteiger partial charge in [-0.15, -0.1) is 0 Å². The molecule has 3 rings (SSSR count). The van der Waals surface area contributed by atoms with Gasteiger partial charge in [-0.25, -0.2) is 4.98 Å².